The number of nitrogens with zero attached hydrogens (tertiary/aromatic N) is 1. The number of rotatable bonds is 6. The molecule has 3 aromatic carbocycles. The maximum Gasteiger partial charge on any atom is 0.238 e. The number of nitrogens with one attached hydrogen (secondary N) is 1. The summed E-state index contributed by atoms with van der Waals surface area (Å²) in [5.74, 6) is 0.695. The van der Waals surface area contributed by atoms with Crippen LogP contribution in [0, 0.1) is 0 Å². The Morgan fingerprint density at radius 1 is 0.967 bits per heavy atom. The van der Waals surface area contributed by atoms with E-state index in [9.17, 15) is 8.42 Å². The Kier molecular flexibility index (Phi) is 5.48. The van der Waals surface area contributed by atoms with E-state index in [1.165, 1.54) is 12.1 Å². The van der Waals surface area contributed by atoms with Crippen LogP contribution in [-0.2, 0) is 9.84 Å². The van der Waals surface area contributed by atoms with Crippen molar-refractivity contribution < 1.29 is 17.6 Å². The first-order valence-corrected chi connectivity index (χ1v) is 10.8. The number of methoxy groups -OCH3 is 1. The van der Waals surface area contributed by atoms with Crippen LogP contribution in [0.4, 0.5) is 11.6 Å². The van der Waals surface area contributed by atoms with Crippen molar-refractivity contribution in [3.8, 4) is 17.2 Å². The summed E-state index contributed by atoms with van der Waals surface area (Å²) in [5, 5.41) is 3.17. The Morgan fingerprint density at radius 3 is 2.43 bits per heavy atom. The highest BCUT2D eigenvalue weighted by atomic mass is 35.5. The Labute approximate surface area is 179 Å². The average molecular weight is 441 g/mol. The maximum atomic E-state index is 13.3. The average Bonchev–Trinajstić information content (AvgIpc) is 3.19. The summed E-state index contributed by atoms with van der Waals surface area (Å²) in [5.41, 5.74) is 1.07. The molecule has 0 saturated heterocycles. The van der Waals surface area contributed by atoms with Crippen molar-refractivity contribution in [3.05, 3.63) is 83.9 Å². The molecule has 8 heteroatoms. The van der Waals surface area contributed by atoms with Crippen LogP contribution in [-0.4, -0.2) is 20.5 Å². The van der Waals surface area contributed by atoms with Gasteiger partial charge in [-0.05, 0) is 36.4 Å². The molecule has 0 fully saturated rings. The van der Waals surface area contributed by atoms with Crippen molar-refractivity contribution in [3.63, 3.8) is 0 Å². The van der Waals surface area contributed by atoms with Gasteiger partial charge in [-0.25, -0.2) is 8.42 Å². The molecule has 0 bridgehead atoms. The molecule has 4 aromatic rings. The van der Waals surface area contributed by atoms with Gasteiger partial charge in [0.05, 0.1) is 22.6 Å². The van der Waals surface area contributed by atoms with Crippen LogP contribution in [0.2, 0.25) is 5.02 Å². The van der Waals surface area contributed by atoms with E-state index >= 15 is 0 Å². The van der Waals surface area contributed by atoms with Gasteiger partial charge in [0.25, 0.3) is 0 Å². The van der Waals surface area contributed by atoms with Crippen molar-refractivity contribution in [1.82, 2.24) is 4.98 Å². The summed E-state index contributed by atoms with van der Waals surface area (Å²) in [7, 11) is -2.40. The second-order valence-corrected chi connectivity index (χ2v) is 8.58. The Hall–Kier alpha value is -3.29. The maximum absolute atomic E-state index is 13.3. The van der Waals surface area contributed by atoms with Gasteiger partial charge in [0.1, 0.15) is 5.75 Å². The summed E-state index contributed by atoms with van der Waals surface area (Å²) in [6, 6.07) is 22.0. The van der Waals surface area contributed by atoms with E-state index in [1.807, 2.05) is 0 Å². The van der Waals surface area contributed by atoms with Crippen LogP contribution in [0.15, 0.2) is 93.2 Å². The van der Waals surface area contributed by atoms with E-state index in [4.69, 9.17) is 20.8 Å². The van der Waals surface area contributed by atoms with Crippen LogP contribution in [0.5, 0.6) is 5.75 Å². The zero-order chi connectivity index (χ0) is 21.1. The summed E-state index contributed by atoms with van der Waals surface area (Å²) in [4.78, 5) is 4.40. The molecule has 0 atom stereocenters. The van der Waals surface area contributed by atoms with Crippen molar-refractivity contribution in [2.24, 2.45) is 0 Å². The SMILES string of the molecule is COc1cccc(Nc2oc(-c3ccccc3Cl)nc2S(=O)(=O)c2ccccc2)c1. The molecular weight excluding hydrogens is 424 g/mol. The van der Waals surface area contributed by atoms with Crippen LogP contribution in [0.1, 0.15) is 0 Å². The predicted octanol–water partition coefficient (Wildman–Crippen LogP) is 5.58. The zero-order valence-corrected chi connectivity index (χ0v) is 17.4. The fraction of sp³-hybridized carbons (Fsp3) is 0.0455. The molecule has 1 aromatic heterocycles. The first kappa shape index (κ1) is 20.0. The molecule has 0 unspecified atom stereocenters. The van der Waals surface area contributed by atoms with Gasteiger partial charge in [-0.2, -0.15) is 4.98 Å². The van der Waals surface area contributed by atoms with E-state index in [2.05, 4.69) is 10.3 Å². The van der Waals surface area contributed by atoms with Crippen molar-refractivity contribution in [2.75, 3.05) is 12.4 Å². The lowest BCUT2D eigenvalue weighted by atomic mass is 10.2. The Morgan fingerprint density at radius 2 is 1.70 bits per heavy atom. The lowest BCUT2D eigenvalue weighted by Crippen LogP contribution is -2.05. The largest absolute Gasteiger partial charge is 0.497 e. The lowest BCUT2D eigenvalue weighted by molar-refractivity contribution is 0.415. The van der Waals surface area contributed by atoms with Crippen molar-refractivity contribution >= 4 is 33.0 Å². The number of hydrogen-bond acceptors (Lipinski definition) is 6. The highest BCUT2D eigenvalue weighted by Crippen LogP contribution is 2.36. The van der Waals surface area contributed by atoms with Gasteiger partial charge in [0, 0.05) is 11.8 Å². The van der Waals surface area contributed by atoms with Gasteiger partial charge in [0.15, 0.2) is 0 Å². The van der Waals surface area contributed by atoms with Gasteiger partial charge < -0.3 is 14.5 Å². The number of halogens is 1. The molecule has 152 valence electrons. The van der Waals surface area contributed by atoms with E-state index < -0.39 is 9.84 Å². The summed E-state index contributed by atoms with van der Waals surface area (Å²) < 4.78 is 37.6. The fourth-order valence-corrected chi connectivity index (χ4v) is 4.36. The van der Waals surface area contributed by atoms with Crippen LogP contribution in [0.3, 0.4) is 0 Å². The van der Waals surface area contributed by atoms with Gasteiger partial charge in [-0.15, -0.1) is 0 Å². The quantitative estimate of drug-likeness (QED) is 0.421. The second-order valence-electron chi connectivity index (χ2n) is 6.31. The molecule has 6 nitrogen and oxygen atoms in total. The number of hydrogen-bond donors (Lipinski definition) is 1. The third-order valence-corrected chi connectivity index (χ3v) is 6.34. The van der Waals surface area contributed by atoms with Crippen molar-refractivity contribution in [1.29, 1.82) is 0 Å². The molecule has 0 radical (unpaired) electrons. The molecular formula is C22H17ClN2O4S. The third-order valence-electron chi connectivity index (χ3n) is 4.34. The predicted molar refractivity (Wildman–Crippen MR) is 115 cm³/mol. The molecule has 1 heterocycles. The van der Waals surface area contributed by atoms with Crippen LogP contribution in [0.25, 0.3) is 11.5 Å². The molecule has 4 rings (SSSR count). The Balaban J connectivity index is 1.86. The monoisotopic (exact) mass is 440 g/mol. The molecule has 1 N–H and O–H groups in total. The molecule has 0 aliphatic carbocycles. The van der Waals surface area contributed by atoms with E-state index in [1.54, 1.807) is 73.8 Å². The topological polar surface area (TPSA) is 81.4 Å². The number of aromatic nitrogens is 1. The van der Waals surface area contributed by atoms with Gasteiger partial charge in [-0.3, -0.25) is 0 Å². The van der Waals surface area contributed by atoms with Gasteiger partial charge >= 0.3 is 0 Å². The van der Waals surface area contributed by atoms with Crippen LogP contribution < -0.4 is 10.1 Å². The molecule has 0 saturated carbocycles. The summed E-state index contributed by atoms with van der Waals surface area (Å²) in [6.07, 6.45) is 0. The van der Waals surface area contributed by atoms with E-state index in [0.29, 0.717) is 22.0 Å². The standard InChI is InChI=1S/C22H17ClN2O4S/c1-28-16-9-7-8-15(14-16)24-21-22(30(26,27)17-10-3-2-4-11-17)25-20(29-21)18-12-5-6-13-19(18)23/h2-14,24H,1H3. The van der Waals surface area contributed by atoms with Gasteiger partial charge in [0.2, 0.25) is 26.6 Å². The molecule has 0 amide bonds. The minimum absolute atomic E-state index is 0.0120. The number of anilines is 2. The number of oxazole rings is 1. The first-order chi connectivity index (χ1) is 14.5. The highest BCUT2D eigenvalue weighted by molar-refractivity contribution is 7.91. The first-order valence-electron chi connectivity index (χ1n) is 8.96. The second kappa shape index (κ2) is 8.22. The molecule has 0 aliphatic heterocycles. The summed E-state index contributed by atoms with van der Waals surface area (Å²) >= 11 is 6.27. The number of ether oxygens (including phenoxy) is 1. The molecule has 30 heavy (non-hydrogen) atoms. The minimum atomic E-state index is -3.95. The zero-order valence-electron chi connectivity index (χ0n) is 15.9. The summed E-state index contributed by atoms with van der Waals surface area (Å²) in [6.45, 7) is 0. The van der Waals surface area contributed by atoms with Gasteiger partial charge in [-0.1, -0.05) is 48.0 Å². The minimum Gasteiger partial charge on any atom is -0.497 e. The lowest BCUT2D eigenvalue weighted by Gasteiger charge is -2.07. The van der Waals surface area contributed by atoms with Crippen LogP contribution >= 0.6 is 11.6 Å². The fourth-order valence-electron chi connectivity index (χ4n) is 2.86. The van der Waals surface area contributed by atoms with E-state index in [-0.39, 0.29) is 21.7 Å². The Bertz CT molecular complexity index is 1290. The number of benzene rings is 3. The molecule has 0 spiro atoms. The number of sulfone groups is 1. The highest BCUT2D eigenvalue weighted by Gasteiger charge is 2.29. The van der Waals surface area contributed by atoms with Crippen molar-refractivity contribution in [2.45, 2.75) is 9.92 Å². The smallest absolute Gasteiger partial charge is 0.238 e. The van der Waals surface area contributed by atoms with E-state index in [0.717, 1.165) is 0 Å². The normalized spacial score (nSPS) is 11.3. The molecule has 0 aliphatic rings. The third kappa shape index (κ3) is 3.90.